The lowest BCUT2D eigenvalue weighted by atomic mass is 9.97. The first-order valence-electron chi connectivity index (χ1n) is 11.5. The van der Waals surface area contributed by atoms with Crippen LogP contribution in [0.25, 0.3) is 0 Å². The molecule has 1 aromatic carbocycles. The van der Waals surface area contributed by atoms with E-state index in [0.29, 0.717) is 12.5 Å². The van der Waals surface area contributed by atoms with Crippen LogP contribution in [0.15, 0.2) is 24.3 Å². The molecule has 1 atom stereocenters. The highest BCUT2D eigenvalue weighted by Crippen LogP contribution is 2.12. The van der Waals surface area contributed by atoms with E-state index >= 15 is 0 Å². The van der Waals surface area contributed by atoms with Gasteiger partial charge in [0.15, 0.2) is 0 Å². The SMILES string of the molecule is CCN(CC)CCN1CCN(C(=O)c2ccc(CNC(=O)[C@@H](C)C(C)C)cc2)CC1. The highest BCUT2D eigenvalue weighted by molar-refractivity contribution is 5.94. The Bertz CT molecular complexity index is 662. The van der Waals surface area contributed by atoms with Gasteiger partial charge in [0.25, 0.3) is 5.91 Å². The number of likely N-dealkylation sites (N-methyl/N-ethyl adjacent to an activating group) is 1. The Hall–Kier alpha value is -1.92. The van der Waals surface area contributed by atoms with Crippen molar-refractivity contribution in [3.63, 3.8) is 0 Å². The van der Waals surface area contributed by atoms with Crippen molar-refractivity contribution in [1.29, 1.82) is 0 Å². The van der Waals surface area contributed by atoms with Crippen molar-refractivity contribution in [1.82, 2.24) is 20.0 Å². The van der Waals surface area contributed by atoms with Crippen molar-refractivity contribution in [2.75, 3.05) is 52.4 Å². The van der Waals surface area contributed by atoms with Crippen LogP contribution in [0.1, 0.15) is 50.5 Å². The Morgan fingerprint density at radius 3 is 2.13 bits per heavy atom. The van der Waals surface area contributed by atoms with Crippen LogP contribution in [0.5, 0.6) is 0 Å². The van der Waals surface area contributed by atoms with E-state index in [2.05, 4.69) is 42.8 Å². The maximum atomic E-state index is 12.8. The maximum absolute atomic E-state index is 12.8. The predicted molar refractivity (Wildman–Crippen MR) is 122 cm³/mol. The lowest BCUT2D eigenvalue weighted by molar-refractivity contribution is -0.125. The molecule has 2 amide bonds. The second kappa shape index (κ2) is 12.1. The summed E-state index contributed by atoms with van der Waals surface area (Å²) in [5, 5.41) is 2.98. The first-order chi connectivity index (χ1) is 14.3. The molecule has 1 aliphatic heterocycles. The Labute approximate surface area is 182 Å². The Balaban J connectivity index is 1.79. The maximum Gasteiger partial charge on any atom is 0.253 e. The number of nitrogens with zero attached hydrogens (tertiary/aromatic N) is 3. The fourth-order valence-electron chi connectivity index (χ4n) is 3.60. The van der Waals surface area contributed by atoms with E-state index in [4.69, 9.17) is 0 Å². The highest BCUT2D eigenvalue weighted by atomic mass is 16.2. The van der Waals surface area contributed by atoms with Crippen LogP contribution < -0.4 is 5.32 Å². The molecule has 6 nitrogen and oxygen atoms in total. The van der Waals surface area contributed by atoms with Crippen LogP contribution in [-0.4, -0.2) is 78.9 Å². The average molecular weight is 417 g/mol. The number of nitrogens with one attached hydrogen (secondary N) is 1. The van der Waals surface area contributed by atoms with Crippen molar-refractivity contribution in [3.05, 3.63) is 35.4 Å². The average Bonchev–Trinajstić information content (AvgIpc) is 2.77. The first-order valence-corrected chi connectivity index (χ1v) is 11.5. The zero-order valence-electron chi connectivity index (χ0n) is 19.5. The summed E-state index contributed by atoms with van der Waals surface area (Å²) in [5.41, 5.74) is 1.73. The van der Waals surface area contributed by atoms with Gasteiger partial charge in [-0.25, -0.2) is 0 Å². The molecule has 0 saturated carbocycles. The lowest BCUT2D eigenvalue weighted by Gasteiger charge is -2.35. The summed E-state index contributed by atoms with van der Waals surface area (Å²) in [6.45, 7) is 18.7. The summed E-state index contributed by atoms with van der Waals surface area (Å²) in [7, 11) is 0. The van der Waals surface area contributed by atoms with Crippen molar-refractivity contribution in [2.45, 2.75) is 41.2 Å². The van der Waals surface area contributed by atoms with Gasteiger partial charge in [0.2, 0.25) is 5.91 Å². The fourth-order valence-corrected chi connectivity index (χ4v) is 3.60. The van der Waals surface area contributed by atoms with Crippen LogP contribution in [0, 0.1) is 11.8 Å². The number of rotatable bonds is 10. The lowest BCUT2D eigenvalue weighted by Crippen LogP contribution is -2.50. The molecule has 0 aliphatic carbocycles. The second-order valence-electron chi connectivity index (χ2n) is 8.61. The van der Waals surface area contributed by atoms with Gasteiger partial charge in [-0.2, -0.15) is 0 Å². The van der Waals surface area contributed by atoms with Gasteiger partial charge in [-0.1, -0.05) is 46.8 Å². The van der Waals surface area contributed by atoms with Gasteiger partial charge < -0.3 is 15.1 Å². The van der Waals surface area contributed by atoms with Gasteiger partial charge in [0, 0.05) is 57.3 Å². The number of piperazine rings is 1. The monoisotopic (exact) mass is 416 g/mol. The zero-order chi connectivity index (χ0) is 22.1. The number of amides is 2. The van der Waals surface area contributed by atoms with Gasteiger partial charge in [0.1, 0.15) is 0 Å². The van der Waals surface area contributed by atoms with Crippen LogP contribution in [0.4, 0.5) is 0 Å². The molecule has 0 bridgehead atoms. The minimum Gasteiger partial charge on any atom is -0.352 e. The standard InChI is InChI=1S/C24H40N4O2/c1-6-26(7-2)12-13-27-14-16-28(17-15-27)24(30)22-10-8-21(9-11-22)18-25-23(29)20(5)19(3)4/h8-11,19-20H,6-7,12-18H2,1-5H3,(H,25,29)/t20-/m0/s1. The smallest absolute Gasteiger partial charge is 0.253 e. The molecule has 0 radical (unpaired) electrons. The minimum atomic E-state index is -0.00321. The molecule has 1 N–H and O–H groups in total. The van der Waals surface area contributed by atoms with Crippen molar-refractivity contribution in [3.8, 4) is 0 Å². The molecule has 6 heteroatoms. The third-order valence-corrected chi connectivity index (χ3v) is 6.37. The molecule has 0 spiro atoms. The van der Waals surface area contributed by atoms with E-state index in [1.807, 2.05) is 36.1 Å². The molecular formula is C24H40N4O2. The molecule has 1 aromatic rings. The van der Waals surface area contributed by atoms with E-state index in [-0.39, 0.29) is 17.7 Å². The summed E-state index contributed by atoms with van der Waals surface area (Å²) in [4.78, 5) is 31.8. The summed E-state index contributed by atoms with van der Waals surface area (Å²) < 4.78 is 0. The highest BCUT2D eigenvalue weighted by Gasteiger charge is 2.22. The molecule has 30 heavy (non-hydrogen) atoms. The predicted octanol–water partition coefficient (Wildman–Crippen LogP) is 2.69. The van der Waals surface area contributed by atoms with Gasteiger partial charge in [-0.15, -0.1) is 0 Å². The normalized spacial score (nSPS) is 16.2. The largest absolute Gasteiger partial charge is 0.352 e. The molecule has 1 heterocycles. The number of hydrogen-bond donors (Lipinski definition) is 1. The third kappa shape index (κ3) is 7.10. The quantitative estimate of drug-likeness (QED) is 0.637. The summed E-state index contributed by atoms with van der Waals surface area (Å²) in [5.74, 6) is 0.491. The van der Waals surface area contributed by atoms with Crippen LogP contribution in [0.2, 0.25) is 0 Å². The number of hydrogen-bond acceptors (Lipinski definition) is 4. The summed E-state index contributed by atoms with van der Waals surface area (Å²) in [6, 6.07) is 7.63. The van der Waals surface area contributed by atoms with E-state index in [0.717, 1.165) is 63.5 Å². The summed E-state index contributed by atoms with van der Waals surface area (Å²) in [6.07, 6.45) is 0. The van der Waals surface area contributed by atoms with E-state index < -0.39 is 0 Å². The van der Waals surface area contributed by atoms with Crippen LogP contribution in [-0.2, 0) is 11.3 Å². The minimum absolute atomic E-state index is 0.00321. The van der Waals surface area contributed by atoms with E-state index in [1.54, 1.807) is 0 Å². The van der Waals surface area contributed by atoms with Crippen molar-refractivity contribution < 1.29 is 9.59 Å². The van der Waals surface area contributed by atoms with E-state index in [1.165, 1.54) is 0 Å². The Morgan fingerprint density at radius 1 is 1.00 bits per heavy atom. The molecule has 0 aromatic heterocycles. The molecule has 0 unspecified atom stereocenters. The number of carbonyl (C=O) groups excluding carboxylic acids is 2. The molecule has 1 saturated heterocycles. The molecule has 1 fully saturated rings. The Morgan fingerprint density at radius 2 is 1.60 bits per heavy atom. The van der Waals surface area contributed by atoms with Gasteiger partial charge in [-0.05, 0) is 36.7 Å². The molecule has 2 rings (SSSR count). The van der Waals surface area contributed by atoms with E-state index in [9.17, 15) is 9.59 Å². The van der Waals surface area contributed by atoms with Crippen LogP contribution in [0.3, 0.4) is 0 Å². The van der Waals surface area contributed by atoms with Gasteiger partial charge >= 0.3 is 0 Å². The molecule has 1 aliphatic rings. The third-order valence-electron chi connectivity index (χ3n) is 6.37. The van der Waals surface area contributed by atoms with Gasteiger partial charge in [-0.3, -0.25) is 14.5 Å². The Kier molecular flexibility index (Phi) is 9.79. The van der Waals surface area contributed by atoms with Gasteiger partial charge in [0.05, 0.1) is 0 Å². The zero-order valence-corrected chi connectivity index (χ0v) is 19.5. The fraction of sp³-hybridized carbons (Fsp3) is 0.667. The topological polar surface area (TPSA) is 55.9 Å². The van der Waals surface area contributed by atoms with Crippen molar-refractivity contribution >= 4 is 11.8 Å². The number of carbonyl (C=O) groups is 2. The summed E-state index contributed by atoms with van der Waals surface area (Å²) >= 11 is 0. The molecular weight excluding hydrogens is 376 g/mol. The second-order valence-corrected chi connectivity index (χ2v) is 8.61. The van der Waals surface area contributed by atoms with Crippen LogP contribution >= 0.6 is 0 Å². The van der Waals surface area contributed by atoms with Crippen molar-refractivity contribution in [2.24, 2.45) is 11.8 Å². The number of benzene rings is 1. The molecule has 168 valence electrons. The first kappa shape index (κ1) is 24.4.